The van der Waals surface area contributed by atoms with Crippen molar-refractivity contribution in [3.63, 3.8) is 0 Å². The van der Waals surface area contributed by atoms with Crippen LogP contribution in [0.3, 0.4) is 0 Å². The molecule has 0 aromatic heterocycles. The third-order valence-electron chi connectivity index (χ3n) is 2.92. The highest BCUT2D eigenvalue weighted by Gasteiger charge is 2.38. The summed E-state index contributed by atoms with van der Waals surface area (Å²) in [5, 5.41) is 4.42. The normalized spacial score (nSPS) is 16.6. The summed E-state index contributed by atoms with van der Waals surface area (Å²) in [7, 11) is 0. The second-order valence-corrected chi connectivity index (χ2v) is 4.38. The van der Waals surface area contributed by atoms with Crippen LogP contribution in [0.2, 0.25) is 0 Å². The molecule has 0 unspecified atom stereocenters. The maximum atomic E-state index is 11.8. The highest BCUT2D eigenvalue weighted by Crippen LogP contribution is 2.24. The summed E-state index contributed by atoms with van der Waals surface area (Å²) < 4.78 is 35.4. The topological polar surface area (TPSA) is 58.2 Å². The number of carbonyl (C=O) groups is 2. The van der Waals surface area contributed by atoms with E-state index in [0.29, 0.717) is 6.42 Å². The number of amides is 2. The maximum Gasteiger partial charge on any atom is 0.471 e. The molecule has 2 amide bonds. The van der Waals surface area contributed by atoms with Crippen molar-refractivity contribution in [3.8, 4) is 0 Å². The van der Waals surface area contributed by atoms with Gasteiger partial charge in [-0.3, -0.25) is 9.59 Å². The van der Waals surface area contributed by atoms with Crippen molar-refractivity contribution in [1.29, 1.82) is 0 Å². The molecule has 1 aliphatic rings. The number of nitrogens with one attached hydrogen (secondary N) is 2. The molecule has 0 heterocycles. The van der Waals surface area contributed by atoms with Crippen LogP contribution in [-0.2, 0) is 9.59 Å². The predicted molar refractivity (Wildman–Crippen MR) is 58.6 cm³/mol. The molecule has 4 nitrogen and oxygen atoms in total. The van der Waals surface area contributed by atoms with Gasteiger partial charge in [-0.15, -0.1) is 0 Å². The Morgan fingerprint density at radius 3 is 2.17 bits per heavy atom. The maximum absolute atomic E-state index is 11.8. The summed E-state index contributed by atoms with van der Waals surface area (Å²) >= 11 is 0. The smallest absolute Gasteiger partial charge is 0.356 e. The van der Waals surface area contributed by atoms with Gasteiger partial charge in [-0.1, -0.05) is 12.8 Å². The van der Waals surface area contributed by atoms with Crippen molar-refractivity contribution in [3.05, 3.63) is 0 Å². The Bertz CT molecular complexity index is 299. The van der Waals surface area contributed by atoms with Gasteiger partial charge in [0.05, 0.1) is 0 Å². The molecule has 0 bridgehead atoms. The zero-order valence-corrected chi connectivity index (χ0v) is 9.98. The highest BCUT2D eigenvalue weighted by molar-refractivity contribution is 5.81. The Morgan fingerprint density at radius 1 is 1.06 bits per heavy atom. The van der Waals surface area contributed by atoms with E-state index in [1.54, 1.807) is 5.32 Å². The molecule has 1 saturated carbocycles. The molecule has 0 radical (unpaired) electrons. The average molecular weight is 266 g/mol. The van der Waals surface area contributed by atoms with Crippen molar-refractivity contribution in [2.45, 2.75) is 38.3 Å². The Hall–Kier alpha value is -1.27. The van der Waals surface area contributed by atoms with Gasteiger partial charge >= 0.3 is 12.1 Å². The minimum Gasteiger partial charge on any atom is -0.356 e. The van der Waals surface area contributed by atoms with Crippen LogP contribution in [0, 0.1) is 5.92 Å². The quantitative estimate of drug-likeness (QED) is 0.738. The van der Waals surface area contributed by atoms with Gasteiger partial charge < -0.3 is 10.6 Å². The fourth-order valence-electron chi connectivity index (χ4n) is 1.93. The lowest BCUT2D eigenvalue weighted by Gasteiger charge is -2.11. The molecule has 1 rings (SSSR count). The summed E-state index contributed by atoms with van der Waals surface area (Å²) in [6.07, 6.45) is -0.667. The van der Waals surface area contributed by atoms with E-state index in [4.69, 9.17) is 0 Å². The first-order chi connectivity index (χ1) is 8.41. The molecule has 18 heavy (non-hydrogen) atoms. The van der Waals surface area contributed by atoms with Gasteiger partial charge in [0.2, 0.25) is 5.91 Å². The van der Waals surface area contributed by atoms with Crippen molar-refractivity contribution in [2.24, 2.45) is 5.92 Å². The average Bonchev–Trinajstić information content (AvgIpc) is 2.80. The number of hydrogen-bond donors (Lipinski definition) is 2. The minimum atomic E-state index is -4.84. The molecule has 0 aromatic rings. The zero-order chi connectivity index (χ0) is 13.6. The molecule has 104 valence electrons. The van der Waals surface area contributed by atoms with Crippen molar-refractivity contribution >= 4 is 11.8 Å². The van der Waals surface area contributed by atoms with E-state index in [9.17, 15) is 22.8 Å². The third kappa shape index (κ3) is 4.93. The van der Waals surface area contributed by atoms with Crippen LogP contribution in [-0.4, -0.2) is 31.1 Å². The van der Waals surface area contributed by atoms with Gasteiger partial charge in [-0.2, -0.15) is 13.2 Å². The molecule has 0 atom stereocenters. The molecule has 1 fully saturated rings. The van der Waals surface area contributed by atoms with Gasteiger partial charge in [0, 0.05) is 19.0 Å². The number of alkyl halides is 3. The Balaban J connectivity index is 2.05. The van der Waals surface area contributed by atoms with Crippen molar-refractivity contribution < 1.29 is 22.8 Å². The lowest BCUT2D eigenvalue weighted by molar-refractivity contribution is -0.173. The first kappa shape index (κ1) is 14.8. The standard InChI is InChI=1S/C11H17F3N2O2/c12-11(13,14)10(18)16-7-3-6-15-9(17)8-4-1-2-5-8/h8H,1-7H2,(H,15,17)(H,16,18). The first-order valence-electron chi connectivity index (χ1n) is 6.04. The monoisotopic (exact) mass is 266 g/mol. The van der Waals surface area contributed by atoms with Crippen LogP contribution >= 0.6 is 0 Å². The minimum absolute atomic E-state index is 0.0327. The van der Waals surface area contributed by atoms with Gasteiger partial charge in [0.1, 0.15) is 0 Å². The molecule has 7 heteroatoms. The van der Waals surface area contributed by atoms with E-state index < -0.39 is 12.1 Å². The Labute approximate surface area is 103 Å². The van der Waals surface area contributed by atoms with Crippen LogP contribution in [0.4, 0.5) is 13.2 Å². The number of carbonyl (C=O) groups excluding carboxylic acids is 2. The molecule has 0 aliphatic heterocycles. The third-order valence-corrected chi connectivity index (χ3v) is 2.92. The van der Waals surface area contributed by atoms with E-state index in [-0.39, 0.29) is 24.9 Å². The SMILES string of the molecule is O=C(NCCCNC(=O)C(F)(F)F)C1CCCC1. The molecule has 0 aromatic carbocycles. The first-order valence-corrected chi connectivity index (χ1v) is 6.04. The van der Waals surface area contributed by atoms with E-state index in [1.165, 1.54) is 0 Å². The second-order valence-electron chi connectivity index (χ2n) is 4.38. The lowest BCUT2D eigenvalue weighted by Crippen LogP contribution is -2.38. The summed E-state index contributed by atoms with van der Waals surface area (Å²) in [4.78, 5) is 22.0. The fraction of sp³-hybridized carbons (Fsp3) is 0.818. The molecular weight excluding hydrogens is 249 g/mol. The summed E-state index contributed by atoms with van der Waals surface area (Å²) in [5.41, 5.74) is 0. The molecule has 2 N–H and O–H groups in total. The molecule has 1 aliphatic carbocycles. The van der Waals surface area contributed by atoms with Gasteiger partial charge in [0.25, 0.3) is 0 Å². The molecule has 0 saturated heterocycles. The summed E-state index contributed by atoms with van der Waals surface area (Å²) in [6, 6.07) is 0. The predicted octanol–water partition coefficient (Wildman–Crippen LogP) is 1.36. The Morgan fingerprint density at radius 2 is 1.61 bits per heavy atom. The van der Waals surface area contributed by atoms with E-state index in [0.717, 1.165) is 25.7 Å². The largest absolute Gasteiger partial charge is 0.471 e. The van der Waals surface area contributed by atoms with Gasteiger partial charge in [-0.25, -0.2) is 0 Å². The number of hydrogen-bond acceptors (Lipinski definition) is 2. The summed E-state index contributed by atoms with van der Waals surface area (Å²) in [5.74, 6) is -1.92. The van der Waals surface area contributed by atoms with E-state index in [2.05, 4.69) is 5.32 Å². The summed E-state index contributed by atoms with van der Waals surface area (Å²) in [6.45, 7) is 0.191. The van der Waals surface area contributed by atoms with E-state index >= 15 is 0 Å². The van der Waals surface area contributed by atoms with Crippen molar-refractivity contribution in [2.75, 3.05) is 13.1 Å². The number of rotatable bonds is 5. The van der Waals surface area contributed by atoms with Gasteiger partial charge in [0.15, 0.2) is 0 Å². The van der Waals surface area contributed by atoms with Crippen molar-refractivity contribution in [1.82, 2.24) is 10.6 Å². The van der Waals surface area contributed by atoms with Crippen LogP contribution in [0.5, 0.6) is 0 Å². The van der Waals surface area contributed by atoms with Crippen LogP contribution in [0.15, 0.2) is 0 Å². The zero-order valence-electron chi connectivity index (χ0n) is 9.98. The van der Waals surface area contributed by atoms with Crippen LogP contribution in [0.1, 0.15) is 32.1 Å². The molecule has 0 spiro atoms. The highest BCUT2D eigenvalue weighted by atomic mass is 19.4. The Kier molecular flexibility index (Phi) is 5.43. The number of halogens is 3. The lowest BCUT2D eigenvalue weighted by atomic mass is 10.1. The van der Waals surface area contributed by atoms with Gasteiger partial charge in [-0.05, 0) is 19.3 Å². The van der Waals surface area contributed by atoms with Crippen LogP contribution in [0.25, 0.3) is 0 Å². The molecular formula is C11H17F3N2O2. The van der Waals surface area contributed by atoms with E-state index in [1.807, 2.05) is 0 Å². The second kappa shape index (κ2) is 6.61. The van der Waals surface area contributed by atoms with Crippen LogP contribution < -0.4 is 10.6 Å². The fourth-order valence-corrected chi connectivity index (χ4v) is 1.93.